The number of benzene rings is 1. The molecule has 26 heavy (non-hydrogen) atoms. The van der Waals surface area contributed by atoms with E-state index in [4.69, 9.17) is 5.73 Å². The van der Waals surface area contributed by atoms with Gasteiger partial charge in [-0.05, 0) is 23.0 Å². The molecule has 7 heteroatoms. The summed E-state index contributed by atoms with van der Waals surface area (Å²) in [5.41, 5.74) is 5.39. The lowest BCUT2D eigenvalue weighted by molar-refractivity contribution is -0.137. The third kappa shape index (κ3) is 2.13. The van der Waals surface area contributed by atoms with Gasteiger partial charge in [0.1, 0.15) is 0 Å². The van der Waals surface area contributed by atoms with Crippen LogP contribution in [0.5, 0.6) is 0 Å². The molecule has 4 rings (SSSR count). The van der Waals surface area contributed by atoms with Crippen LogP contribution in [0.25, 0.3) is 0 Å². The zero-order valence-corrected chi connectivity index (χ0v) is 14.6. The number of aliphatic hydroxyl groups excluding tert-OH is 1. The summed E-state index contributed by atoms with van der Waals surface area (Å²) < 4.78 is 0. The molecule has 3 unspecified atom stereocenters. The van der Waals surface area contributed by atoms with Gasteiger partial charge in [-0.1, -0.05) is 50.5 Å². The number of amides is 4. The molecule has 1 saturated carbocycles. The predicted molar refractivity (Wildman–Crippen MR) is 92.4 cm³/mol. The van der Waals surface area contributed by atoms with Crippen LogP contribution in [0.4, 0.5) is 4.79 Å². The number of nitrogens with one attached hydrogen (secondary N) is 2. The van der Waals surface area contributed by atoms with Crippen molar-refractivity contribution in [3.8, 4) is 0 Å². The van der Waals surface area contributed by atoms with Gasteiger partial charge in [0, 0.05) is 11.8 Å². The van der Waals surface area contributed by atoms with Crippen molar-refractivity contribution in [2.75, 3.05) is 0 Å². The summed E-state index contributed by atoms with van der Waals surface area (Å²) in [6, 6.07) is 6.34. The Morgan fingerprint density at radius 1 is 1.31 bits per heavy atom. The van der Waals surface area contributed by atoms with Crippen LogP contribution in [0.2, 0.25) is 0 Å². The van der Waals surface area contributed by atoms with Gasteiger partial charge < -0.3 is 16.2 Å². The summed E-state index contributed by atoms with van der Waals surface area (Å²) in [5.74, 6) is -2.40. The summed E-state index contributed by atoms with van der Waals surface area (Å²) in [7, 11) is 0. The Morgan fingerprint density at radius 2 is 2.00 bits per heavy atom. The predicted octanol–water partition coefficient (Wildman–Crippen LogP) is 0.922. The lowest BCUT2D eigenvalue weighted by Gasteiger charge is -2.42. The second-order valence-corrected chi connectivity index (χ2v) is 7.75. The van der Waals surface area contributed by atoms with Crippen molar-refractivity contribution in [1.29, 1.82) is 0 Å². The van der Waals surface area contributed by atoms with Crippen molar-refractivity contribution in [2.24, 2.45) is 29.4 Å². The Hall–Kier alpha value is -2.41. The van der Waals surface area contributed by atoms with Gasteiger partial charge in [0.25, 0.3) is 5.91 Å². The molecule has 5 N–H and O–H groups in total. The summed E-state index contributed by atoms with van der Waals surface area (Å²) in [4.78, 5) is 37.3. The number of imide groups is 1. The lowest BCUT2D eigenvalue weighted by atomic mass is 9.63. The smallest absolute Gasteiger partial charge is 0.322 e. The highest BCUT2D eigenvalue weighted by atomic mass is 16.3. The molecule has 2 fully saturated rings. The van der Waals surface area contributed by atoms with Crippen LogP contribution in [-0.2, 0) is 15.1 Å². The van der Waals surface area contributed by atoms with E-state index in [0.29, 0.717) is 17.0 Å². The Kier molecular flexibility index (Phi) is 3.80. The largest absolute Gasteiger partial charge is 0.388 e. The first-order chi connectivity index (χ1) is 12.4. The molecule has 0 bridgehead atoms. The molecule has 138 valence electrons. The average molecular weight is 357 g/mol. The Bertz CT molecular complexity index is 791. The minimum atomic E-state index is -1.47. The summed E-state index contributed by atoms with van der Waals surface area (Å²) in [5, 5.41) is 16.1. The normalized spacial score (nSPS) is 32.5. The highest BCUT2D eigenvalue weighted by Crippen LogP contribution is 2.55. The molecule has 7 nitrogen and oxygen atoms in total. The number of carbonyl (C=O) groups excluding carboxylic acids is 3. The second-order valence-electron chi connectivity index (χ2n) is 7.75. The van der Waals surface area contributed by atoms with Crippen molar-refractivity contribution in [3.05, 3.63) is 35.4 Å². The van der Waals surface area contributed by atoms with Gasteiger partial charge in [-0.15, -0.1) is 0 Å². The molecule has 3 aliphatic rings. The number of primary amides is 1. The minimum Gasteiger partial charge on any atom is -0.388 e. The molecule has 1 aliphatic heterocycles. The maximum Gasteiger partial charge on any atom is 0.322 e. The van der Waals surface area contributed by atoms with Gasteiger partial charge in [-0.25, -0.2) is 4.79 Å². The van der Waals surface area contributed by atoms with E-state index in [-0.39, 0.29) is 5.92 Å². The van der Waals surface area contributed by atoms with Gasteiger partial charge in [0.05, 0.1) is 6.10 Å². The van der Waals surface area contributed by atoms with Crippen LogP contribution in [0.1, 0.15) is 43.4 Å². The zero-order chi connectivity index (χ0) is 18.6. The van der Waals surface area contributed by atoms with Crippen LogP contribution in [0.3, 0.4) is 0 Å². The van der Waals surface area contributed by atoms with E-state index in [2.05, 4.69) is 10.6 Å². The van der Waals surface area contributed by atoms with Crippen molar-refractivity contribution < 1.29 is 19.5 Å². The Morgan fingerprint density at radius 3 is 2.54 bits per heavy atom. The first-order valence-corrected chi connectivity index (χ1v) is 9.08. The Balaban J connectivity index is 1.86. The van der Waals surface area contributed by atoms with Gasteiger partial charge >= 0.3 is 6.03 Å². The summed E-state index contributed by atoms with van der Waals surface area (Å²) >= 11 is 0. The number of hydrogen-bond acceptors (Lipinski definition) is 4. The molecule has 1 heterocycles. The number of aliphatic hydroxyl groups is 1. The number of nitrogens with two attached hydrogens (primary N) is 1. The van der Waals surface area contributed by atoms with E-state index >= 15 is 0 Å². The summed E-state index contributed by atoms with van der Waals surface area (Å²) in [6.07, 6.45) is 2.06. The fourth-order valence-corrected chi connectivity index (χ4v) is 5.10. The van der Waals surface area contributed by atoms with E-state index in [1.54, 1.807) is 24.3 Å². The highest BCUT2D eigenvalue weighted by molar-refractivity contribution is 6.08. The maximum atomic E-state index is 12.9. The van der Waals surface area contributed by atoms with E-state index in [1.165, 1.54) is 0 Å². The highest BCUT2D eigenvalue weighted by Gasteiger charge is 2.64. The number of fused-ring (bicyclic) bond motifs is 2. The number of hydrogen-bond donors (Lipinski definition) is 4. The first kappa shape index (κ1) is 17.0. The van der Waals surface area contributed by atoms with Crippen LogP contribution < -0.4 is 16.4 Å². The topological polar surface area (TPSA) is 122 Å². The van der Waals surface area contributed by atoms with Gasteiger partial charge in [0.15, 0.2) is 5.54 Å². The minimum absolute atomic E-state index is 0.0858. The monoisotopic (exact) mass is 357 g/mol. The van der Waals surface area contributed by atoms with E-state index in [0.717, 1.165) is 19.3 Å². The molecule has 0 radical (unpaired) electrons. The zero-order valence-electron chi connectivity index (χ0n) is 14.6. The third-order valence-corrected chi connectivity index (χ3v) is 6.62. The Labute approximate surface area is 151 Å². The standard InChI is InChI=1S/C19H23N3O4/c1-9(10-5-4-6-10)13(16(20)24)14-15(23)11-7-2-3-8-12(11)19(14)17(25)21-18(26)22-19/h2-3,7-10,13-15,23H,4-6H2,1H3,(H2,20,24)(H2,21,22,25,26)/t9-,13?,14?,15-,19?/m0/s1. The number of rotatable bonds is 4. The first-order valence-electron chi connectivity index (χ1n) is 9.08. The average Bonchev–Trinajstić information content (AvgIpc) is 2.96. The fraction of sp³-hybridized carbons (Fsp3) is 0.526. The van der Waals surface area contributed by atoms with Gasteiger partial charge in [-0.2, -0.15) is 0 Å². The molecule has 5 atom stereocenters. The van der Waals surface area contributed by atoms with Crippen molar-refractivity contribution in [2.45, 2.75) is 37.8 Å². The number of urea groups is 1. The van der Waals surface area contributed by atoms with E-state index in [9.17, 15) is 19.5 Å². The molecule has 1 aromatic carbocycles. The molecule has 1 saturated heterocycles. The van der Waals surface area contributed by atoms with Gasteiger partial charge in [0.2, 0.25) is 5.91 Å². The molecule has 0 aromatic heterocycles. The van der Waals surface area contributed by atoms with Crippen LogP contribution in [0.15, 0.2) is 24.3 Å². The van der Waals surface area contributed by atoms with E-state index < -0.39 is 41.3 Å². The van der Waals surface area contributed by atoms with Crippen molar-refractivity contribution >= 4 is 17.8 Å². The molecular formula is C19H23N3O4. The van der Waals surface area contributed by atoms with Gasteiger partial charge in [-0.3, -0.25) is 14.9 Å². The van der Waals surface area contributed by atoms with Crippen molar-refractivity contribution in [1.82, 2.24) is 10.6 Å². The quantitative estimate of drug-likeness (QED) is 0.599. The van der Waals surface area contributed by atoms with Crippen LogP contribution in [0, 0.1) is 23.7 Å². The van der Waals surface area contributed by atoms with Crippen molar-refractivity contribution in [3.63, 3.8) is 0 Å². The van der Waals surface area contributed by atoms with Crippen LogP contribution in [-0.4, -0.2) is 23.0 Å². The van der Waals surface area contributed by atoms with Crippen LogP contribution >= 0.6 is 0 Å². The molecule has 4 amide bonds. The number of carbonyl (C=O) groups is 3. The third-order valence-electron chi connectivity index (χ3n) is 6.62. The molecular weight excluding hydrogens is 334 g/mol. The lowest BCUT2D eigenvalue weighted by Crippen LogP contribution is -2.55. The fourth-order valence-electron chi connectivity index (χ4n) is 5.10. The second kappa shape index (κ2) is 5.81. The maximum absolute atomic E-state index is 12.9. The summed E-state index contributed by atoms with van der Waals surface area (Å²) in [6.45, 7) is 1.96. The van der Waals surface area contributed by atoms with E-state index in [1.807, 2.05) is 6.92 Å². The molecule has 1 aromatic rings. The molecule has 2 aliphatic carbocycles. The molecule has 1 spiro atoms. The SMILES string of the molecule is C[C@@H](C1CCC1)C(C(N)=O)C1[C@@H](O)c2ccccc2C12NC(=O)NC2=O.